The Morgan fingerprint density at radius 1 is 1.21 bits per heavy atom. The van der Waals surface area contributed by atoms with Crippen LogP contribution >= 0.6 is 11.3 Å². The summed E-state index contributed by atoms with van der Waals surface area (Å²) in [5, 5.41) is 12.5. The van der Waals surface area contributed by atoms with Crippen LogP contribution in [0.4, 0.5) is 0 Å². The van der Waals surface area contributed by atoms with Crippen LogP contribution in [-0.2, 0) is 0 Å². The Morgan fingerprint density at radius 3 is 3.07 bits per heavy atom. The van der Waals surface area contributed by atoms with Gasteiger partial charge in [0.2, 0.25) is 0 Å². The van der Waals surface area contributed by atoms with E-state index in [0.29, 0.717) is 0 Å². The Kier molecular flexibility index (Phi) is 1.64. The van der Waals surface area contributed by atoms with Gasteiger partial charge in [0, 0.05) is 10.9 Å². The first-order valence-electron chi connectivity index (χ1n) is 4.40. The molecule has 0 spiro atoms. The summed E-state index contributed by atoms with van der Waals surface area (Å²) in [5.41, 5.74) is 3.59. The summed E-state index contributed by atoms with van der Waals surface area (Å²) in [7, 11) is 0. The minimum absolute atomic E-state index is 1.12. The highest BCUT2D eigenvalue weighted by atomic mass is 32.1. The Labute approximate surface area is 85.2 Å². The molecule has 3 aromatic rings. The highest BCUT2D eigenvalue weighted by Gasteiger charge is 2.04. The predicted molar refractivity (Wildman–Crippen MR) is 59.4 cm³/mol. The van der Waals surface area contributed by atoms with Crippen molar-refractivity contribution in [1.29, 1.82) is 0 Å². The number of hydrogen-bond donors (Lipinski definition) is 1. The molecule has 0 aliphatic rings. The molecule has 0 atom stereocenters. The summed E-state index contributed by atoms with van der Waals surface area (Å²) in [4.78, 5) is 0. The van der Waals surface area contributed by atoms with E-state index in [4.69, 9.17) is 0 Å². The zero-order chi connectivity index (χ0) is 9.38. The van der Waals surface area contributed by atoms with Crippen molar-refractivity contribution in [2.75, 3.05) is 0 Å². The smallest absolute Gasteiger partial charge is 0.0728 e. The Balaban J connectivity index is 2.36. The van der Waals surface area contributed by atoms with E-state index in [0.717, 1.165) is 10.9 Å². The molecule has 2 aromatic heterocycles. The van der Waals surface area contributed by atoms with Gasteiger partial charge < -0.3 is 0 Å². The monoisotopic (exact) mass is 200 g/mol. The van der Waals surface area contributed by atoms with E-state index in [-0.39, 0.29) is 0 Å². The van der Waals surface area contributed by atoms with Gasteiger partial charge >= 0.3 is 0 Å². The van der Waals surface area contributed by atoms with Gasteiger partial charge in [0.25, 0.3) is 0 Å². The predicted octanol–water partition coefficient (Wildman–Crippen LogP) is 3.29. The molecule has 3 rings (SSSR count). The van der Waals surface area contributed by atoms with Gasteiger partial charge in [-0.25, -0.2) is 0 Å². The number of fused-ring (bicyclic) bond motifs is 1. The van der Waals surface area contributed by atoms with Gasteiger partial charge in [-0.1, -0.05) is 18.2 Å². The fraction of sp³-hybridized carbons (Fsp3) is 0. The largest absolute Gasteiger partial charge is 0.277 e. The Morgan fingerprint density at radius 2 is 2.21 bits per heavy atom. The van der Waals surface area contributed by atoms with Crippen LogP contribution in [0.15, 0.2) is 41.2 Å². The average Bonchev–Trinajstić information content (AvgIpc) is 2.88. The number of benzene rings is 1. The summed E-state index contributed by atoms with van der Waals surface area (Å²) >= 11 is 1.71. The van der Waals surface area contributed by atoms with Crippen molar-refractivity contribution in [3.8, 4) is 11.1 Å². The maximum Gasteiger partial charge on any atom is 0.0728 e. The molecule has 1 aromatic carbocycles. The lowest BCUT2D eigenvalue weighted by Crippen LogP contribution is -1.76. The van der Waals surface area contributed by atoms with Gasteiger partial charge in [-0.3, -0.25) is 5.10 Å². The van der Waals surface area contributed by atoms with E-state index in [1.165, 1.54) is 11.1 Å². The second-order valence-corrected chi connectivity index (χ2v) is 3.93. The third-order valence-electron chi connectivity index (χ3n) is 2.31. The van der Waals surface area contributed by atoms with Crippen molar-refractivity contribution in [2.24, 2.45) is 0 Å². The van der Waals surface area contributed by atoms with E-state index in [9.17, 15) is 0 Å². The van der Waals surface area contributed by atoms with Crippen LogP contribution in [0, 0.1) is 0 Å². The van der Waals surface area contributed by atoms with Gasteiger partial charge in [-0.15, -0.1) is 0 Å². The summed E-state index contributed by atoms with van der Waals surface area (Å²) in [5.74, 6) is 0. The van der Waals surface area contributed by atoms with Crippen LogP contribution < -0.4 is 0 Å². The molecule has 0 aliphatic heterocycles. The molecule has 0 radical (unpaired) electrons. The fourth-order valence-electron chi connectivity index (χ4n) is 1.63. The second-order valence-electron chi connectivity index (χ2n) is 3.15. The molecular formula is C11H8N2S. The lowest BCUT2D eigenvalue weighted by Gasteiger charge is -1.98. The third kappa shape index (κ3) is 1.06. The number of hydrogen-bond acceptors (Lipinski definition) is 2. The summed E-state index contributed by atoms with van der Waals surface area (Å²) < 4.78 is 0. The molecule has 0 bridgehead atoms. The van der Waals surface area contributed by atoms with Crippen molar-refractivity contribution in [1.82, 2.24) is 10.2 Å². The van der Waals surface area contributed by atoms with E-state index in [2.05, 4.69) is 45.2 Å². The molecular weight excluding hydrogens is 192 g/mol. The van der Waals surface area contributed by atoms with Gasteiger partial charge in [0.1, 0.15) is 0 Å². The van der Waals surface area contributed by atoms with E-state index in [1.807, 2.05) is 6.20 Å². The van der Waals surface area contributed by atoms with Crippen molar-refractivity contribution < 1.29 is 0 Å². The minimum atomic E-state index is 1.12. The van der Waals surface area contributed by atoms with Gasteiger partial charge in [-0.05, 0) is 22.4 Å². The number of aromatic amines is 1. The van der Waals surface area contributed by atoms with Gasteiger partial charge in [0.15, 0.2) is 0 Å². The van der Waals surface area contributed by atoms with E-state index in [1.54, 1.807) is 11.3 Å². The van der Waals surface area contributed by atoms with Crippen LogP contribution in [0.5, 0.6) is 0 Å². The topological polar surface area (TPSA) is 28.7 Å². The first-order chi connectivity index (χ1) is 6.95. The molecule has 2 heterocycles. The SMILES string of the molecule is c1cc(-c2ccsc2)c2[nH]ncc2c1. The molecule has 0 aliphatic carbocycles. The molecule has 3 heteroatoms. The van der Waals surface area contributed by atoms with E-state index >= 15 is 0 Å². The minimum Gasteiger partial charge on any atom is -0.277 e. The third-order valence-corrected chi connectivity index (χ3v) is 2.99. The Bertz CT molecular complexity index is 551. The number of para-hydroxylation sites is 1. The van der Waals surface area contributed by atoms with Crippen LogP contribution in [0.1, 0.15) is 0 Å². The maximum atomic E-state index is 4.05. The average molecular weight is 200 g/mol. The molecule has 0 saturated carbocycles. The Hall–Kier alpha value is -1.61. The fourth-order valence-corrected chi connectivity index (χ4v) is 2.28. The highest BCUT2D eigenvalue weighted by Crippen LogP contribution is 2.28. The molecule has 0 fully saturated rings. The lowest BCUT2D eigenvalue weighted by molar-refractivity contribution is 1.12. The molecule has 0 unspecified atom stereocenters. The first-order valence-corrected chi connectivity index (χ1v) is 5.34. The van der Waals surface area contributed by atoms with Gasteiger partial charge in [-0.2, -0.15) is 16.4 Å². The van der Waals surface area contributed by atoms with Crippen molar-refractivity contribution in [3.05, 3.63) is 41.2 Å². The highest BCUT2D eigenvalue weighted by molar-refractivity contribution is 7.08. The van der Waals surface area contributed by atoms with Crippen LogP contribution in [0.25, 0.3) is 22.0 Å². The van der Waals surface area contributed by atoms with Crippen LogP contribution in [0.2, 0.25) is 0 Å². The molecule has 1 N–H and O–H groups in total. The number of aromatic nitrogens is 2. The van der Waals surface area contributed by atoms with Crippen molar-refractivity contribution in [2.45, 2.75) is 0 Å². The summed E-state index contributed by atoms with van der Waals surface area (Å²) in [6.45, 7) is 0. The normalized spacial score (nSPS) is 10.9. The van der Waals surface area contributed by atoms with E-state index < -0.39 is 0 Å². The number of nitrogens with zero attached hydrogens (tertiary/aromatic N) is 1. The van der Waals surface area contributed by atoms with Crippen molar-refractivity contribution in [3.63, 3.8) is 0 Å². The molecule has 0 saturated heterocycles. The first kappa shape index (κ1) is 7.76. The second kappa shape index (κ2) is 2.96. The standard InChI is InChI=1S/C11H8N2S/c1-2-8-6-12-13-11(8)10(3-1)9-4-5-14-7-9/h1-7H,(H,12,13). The number of thiophene rings is 1. The summed E-state index contributed by atoms with van der Waals surface area (Å²) in [6.07, 6.45) is 1.85. The zero-order valence-corrected chi connectivity index (χ0v) is 8.21. The quantitative estimate of drug-likeness (QED) is 0.641. The number of H-pyrrole nitrogens is 1. The van der Waals surface area contributed by atoms with Gasteiger partial charge in [0.05, 0.1) is 11.7 Å². The molecule has 14 heavy (non-hydrogen) atoms. The molecule has 0 amide bonds. The maximum absolute atomic E-state index is 4.05. The molecule has 68 valence electrons. The van der Waals surface area contributed by atoms with Crippen LogP contribution in [0.3, 0.4) is 0 Å². The number of rotatable bonds is 1. The number of nitrogens with one attached hydrogen (secondary N) is 1. The van der Waals surface area contributed by atoms with Crippen LogP contribution in [-0.4, -0.2) is 10.2 Å². The zero-order valence-electron chi connectivity index (χ0n) is 7.40. The summed E-state index contributed by atoms with van der Waals surface area (Å²) in [6, 6.07) is 8.36. The molecule has 2 nitrogen and oxygen atoms in total. The lowest BCUT2D eigenvalue weighted by atomic mass is 10.1. The van der Waals surface area contributed by atoms with Crippen molar-refractivity contribution >= 4 is 22.2 Å².